The molecule has 5 nitrogen and oxygen atoms in total. The Labute approximate surface area is 163 Å². The summed E-state index contributed by atoms with van der Waals surface area (Å²) in [6.07, 6.45) is 5.03. The van der Waals surface area contributed by atoms with Gasteiger partial charge in [-0.15, -0.1) is 0 Å². The van der Waals surface area contributed by atoms with Gasteiger partial charge in [-0.05, 0) is 43.2 Å². The topological polar surface area (TPSA) is 61.8 Å². The van der Waals surface area contributed by atoms with Crippen LogP contribution < -0.4 is 5.32 Å². The maximum atomic E-state index is 11.7. The molecule has 2 heterocycles. The lowest BCUT2D eigenvalue weighted by Crippen LogP contribution is -2.46. The van der Waals surface area contributed by atoms with Crippen molar-refractivity contribution in [2.75, 3.05) is 31.1 Å². The SMILES string of the molecule is CCC(C)NC(=NCC1CCS(=O)(=O)C1)N1CC=C(c2ccccc2)CC1. The average molecular weight is 390 g/mol. The zero-order valence-corrected chi connectivity index (χ0v) is 17.2. The fraction of sp³-hybridized carbons (Fsp3) is 0.571. The second kappa shape index (κ2) is 8.91. The third-order valence-electron chi connectivity index (χ3n) is 5.47. The molecule has 1 fully saturated rings. The molecule has 0 saturated carbocycles. The number of sulfone groups is 1. The average Bonchev–Trinajstić information content (AvgIpc) is 3.04. The molecular weight excluding hydrogens is 358 g/mol. The highest BCUT2D eigenvalue weighted by atomic mass is 32.2. The van der Waals surface area contributed by atoms with E-state index in [0.29, 0.717) is 18.3 Å². The number of benzene rings is 1. The lowest BCUT2D eigenvalue weighted by Gasteiger charge is -2.31. The molecule has 27 heavy (non-hydrogen) atoms. The molecule has 2 aliphatic rings. The molecule has 0 spiro atoms. The van der Waals surface area contributed by atoms with E-state index in [1.54, 1.807) is 0 Å². The Hall–Kier alpha value is -1.82. The molecule has 3 rings (SSSR count). The Kier molecular flexibility index (Phi) is 6.58. The summed E-state index contributed by atoms with van der Waals surface area (Å²) in [7, 11) is -2.85. The number of nitrogens with zero attached hydrogens (tertiary/aromatic N) is 2. The summed E-state index contributed by atoms with van der Waals surface area (Å²) in [5, 5.41) is 3.53. The van der Waals surface area contributed by atoms with E-state index in [9.17, 15) is 8.42 Å². The Morgan fingerprint density at radius 1 is 1.33 bits per heavy atom. The third-order valence-corrected chi connectivity index (χ3v) is 7.30. The van der Waals surface area contributed by atoms with E-state index >= 15 is 0 Å². The second-order valence-corrected chi connectivity index (χ2v) is 9.91. The van der Waals surface area contributed by atoms with Gasteiger partial charge in [0.25, 0.3) is 0 Å². The first-order chi connectivity index (χ1) is 13.0. The van der Waals surface area contributed by atoms with Crippen LogP contribution in [0.15, 0.2) is 41.4 Å². The van der Waals surface area contributed by atoms with Gasteiger partial charge in [0.1, 0.15) is 0 Å². The van der Waals surface area contributed by atoms with Crippen molar-refractivity contribution in [3.8, 4) is 0 Å². The number of guanidine groups is 1. The van der Waals surface area contributed by atoms with Crippen LogP contribution >= 0.6 is 0 Å². The minimum absolute atomic E-state index is 0.156. The number of hydrogen-bond donors (Lipinski definition) is 1. The van der Waals surface area contributed by atoms with E-state index in [1.165, 1.54) is 11.1 Å². The van der Waals surface area contributed by atoms with Gasteiger partial charge in [-0.25, -0.2) is 8.42 Å². The quantitative estimate of drug-likeness (QED) is 0.621. The summed E-state index contributed by atoms with van der Waals surface area (Å²) >= 11 is 0. The van der Waals surface area contributed by atoms with Crippen LogP contribution in [-0.4, -0.2) is 56.5 Å². The number of rotatable bonds is 5. The molecule has 2 atom stereocenters. The van der Waals surface area contributed by atoms with Crippen molar-refractivity contribution < 1.29 is 8.42 Å². The molecule has 0 amide bonds. The molecule has 1 aromatic rings. The first kappa shape index (κ1) is 19.9. The zero-order chi connectivity index (χ0) is 19.3. The Balaban J connectivity index is 1.68. The predicted molar refractivity (Wildman–Crippen MR) is 113 cm³/mol. The minimum Gasteiger partial charge on any atom is -0.354 e. The fourth-order valence-corrected chi connectivity index (χ4v) is 5.42. The van der Waals surface area contributed by atoms with Gasteiger partial charge in [0.05, 0.1) is 11.5 Å². The van der Waals surface area contributed by atoms with E-state index in [2.05, 4.69) is 54.4 Å². The molecule has 2 aliphatic heterocycles. The van der Waals surface area contributed by atoms with Gasteiger partial charge >= 0.3 is 0 Å². The summed E-state index contributed by atoms with van der Waals surface area (Å²) in [6, 6.07) is 10.9. The molecule has 0 bridgehead atoms. The van der Waals surface area contributed by atoms with Crippen molar-refractivity contribution in [1.29, 1.82) is 0 Å². The molecule has 1 N–H and O–H groups in total. The molecule has 0 aliphatic carbocycles. The molecule has 0 radical (unpaired) electrons. The minimum atomic E-state index is -2.85. The zero-order valence-electron chi connectivity index (χ0n) is 16.4. The van der Waals surface area contributed by atoms with Gasteiger partial charge < -0.3 is 10.2 Å². The highest BCUT2D eigenvalue weighted by Gasteiger charge is 2.28. The smallest absolute Gasteiger partial charge is 0.194 e. The van der Waals surface area contributed by atoms with Crippen molar-refractivity contribution in [3.63, 3.8) is 0 Å². The Bertz CT molecular complexity index is 787. The normalized spacial score (nSPS) is 23.8. The summed E-state index contributed by atoms with van der Waals surface area (Å²) < 4.78 is 23.4. The monoisotopic (exact) mass is 389 g/mol. The molecule has 1 aromatic carbocycles. The molecule has 2 unspecified atom stereocenters. The maximum Gasteiger partial charge on any atom is 0.194 e. The molecular formula is C21H31N3O2S. The van der Waals surface area contributed by atoms with Gasteiger partial charge in [0.15, 0.2) is 15.8 Å². The van der Waals surface area contributed by atoms with Crippen molar-refractivity contribution in [2.24, 2.45) is 10.9 Å². The standard InChI is InChI=1S/C21H31N3O2S/c1-3-17(2)23-21(22-15-18-11-14-27(25,26)16-18)24-12-9-20(10-13-24)19-7-5-4-6-8-19/h4-9,17-18H,3,10-16H2,1-2H3,(H,22,23). The van der Waals surface area contributed by atoms with Gasteiger partial charge in [-0.3, -0.25) is 4.99 Å². The number of aliphatic imine (C=N–C) groups is 1. The predicted octanol–water partition coefficient (Wildman–Crippen LogP) is 2.95. The Morgan fingerprint density at radius 2 is 2.11 bits per heavy atom. The van der Waals surface area contributed by atoms with Crippen LogP contribution in [0.4, 0.5) is 0 Å². The van der Waals surface area contributed by atoms with Crippen LogP contribution in [0, 0.1) is 5.92 Å². The largest absolute Gasteiger partial charge is 0.354 e. The summed E-state index contributed by atoms with van der Waals surface area (Å²) in [4.78, 5) is 7.10. The summed E-state index contributed by atoms with van der Waals surface area (Å²) in [6.45, 7) is 6.65. The van der Waals surface area contributed by atoms with Gasteiger partial charge in [-0.2, -0.15) is 0 Å². The number of nitrogens with one attached hydrogen (secondary N) is 1. The van der Waals surface area contributed by atoms with Crippen LogP contribution in [0.25, 0.3) is 5.57 Å². The van der Waals surface area contributed by atoms with Crippen LogP contribution in [0.2, 0.25) is 0 Å². The first-order valence-electron chi connectivity index (χ1n) is 9.97. The number of hydrogen-bond acceptors (Lipinski definition) is 3. The summed E-state index contributed by atoms with van der Waals surface area (Å²) in [5.41, 5.74) is 2.68. The van der Waals surface area contributed by atoms with Gasteiger partial charge in [-0.1, -0.05) is 43.3 Å². The first-order valence-corrected chi connectivity index (χ1v) is 11.8. The van der Waals surface area contributed by atoms with E-state index in [0.717, 1.165) is 38.3 Å². The summed E-state index contributed by atoms with van der Waals surface area (Å²) in [5.74, 6) is 1.67. The van der Waals surface area contributed by atoms with E-state index in [1.807, 2.05) is 6.07 Å². The maximum absolute atomic E-state index is 11.7. The Morgan fingerprint density at radius 3 is 2.70 bits per heavy atom. The molecule has 6 heteroatoms. The fourth-order valence-electron chi connectivity index (χ4n) is 3.57. The van der Waals surface area contributed by atoms with E-state index in [-0.39, 0.29) is 11.7 Å². The van der Waals surface area contributed by atoms with Crippen molar-refractivity contribution in [2.45, 2.75) is 39.2 Å². The lowest BCUT2D eigenvalue weighted by atomic mass is 10.00. The highest BCUT2D eigenvalue weighted by molar-refractivity contribution is 7.91. The van der Waals surface area contributed by atoms with Crippen molar-refractivity contribution in [1.82, 2.24) is 10.2 Å². The van der Waals surface area contributed by atoms with Gasteiger partial charge in [0.2, 0.25) is 0 Å². The highest BCUT2D eigenvalue weighted by Crippen LogP contribution is 2.23. The van der Waals surface area contributed by atoms with E-state index in [4.69, 9.17) is 4.99 Å². The molecule has 1 saturated heterocycles. The molecule has 148 valence electrons. The second-order valence-electron chi connectivity index (χ2n) is 7.68. The van der Waals surface area contributed by atoms with Crippen molar-refractivity contribution in [3.05, 3.63) is 42.0 Å². The van der Waals surface area contributed by atoms with Crippen LogP contribution in [0.5, 0.6) is 0 Å². The van der Waals surface area contributed by atoms with Gasteiger partial charge in [0, 0.05) is 25.7 Å². The van der Waals surface area contributed by atoms with Crippen molar-refractivity contribution >= 4 is 21.4 Å². The van der Waals surface area contributed by atoms with Crippen LogP contribution in [0.1, 0.15) is 38.7 Å². The van der Waals surface area contributed by atoms with Crippen LogP contribution in [-0.2, 0) is 9.84 Å². The third kappa shape index (κ3) is 5.58. The molecule has 0 aromatic heterocycles. The van der Waals surface area contributed by atoms with Crippen LogP contribution in [0.3, 0.4) is 0 Å². The lowest BCUT2D eigenvalue weighted by molar-refractivity contribution is 0.425. The van der Waals surface area contributed by atoms with E-state index < -0.39 is 9.84 Å².